The molecule has 0 saturated carbocycles. The Morgan fingerprint density at radius 2 is 1.85 bits per heavy atom. The van der Waals surface area contributed by atoms with Crippen molar-refractivity contribution in [3.63, 3.8) is 0 Å². The highest BCUT2D eigenvalue weighted by molar-refractivity contribution is 6.30. The molecule has 0 bridgehead atoms. The van der Waals surface area contributed by atoms with Crippen LogP contribution in [0.2, 0.25) is 5.02 Å². The predicted molar refractivity (Wildman–Crippen MR) is 140 cm³/mol. The molecule has 1 heterocycles. The predicted octanol–water partition coefficient (Wildman–Crippen LogP) is 6.16. The van der Waals surface area contributed by atoms with Gasteiger partial charge in [0.25, 0.3) is 0 Å². The number of aliphatic hydroxyl groups excluding tert-OH is 1. The summed E-state index contributed by atoms with van der Waals surface area (Å²) >= 11 is 6.04. The van der Waals surface area contributed by atoms with Gasteiger partial charge in [-0.15, -0.1) is 0 Å². The summed E-state index contributed by atoms with van der Waals surface area (Å²) in [4.78, 5) is 7.50. The maximum atomic E-state index is 10.3. The van der Waals surface area contributed by atoms with Crippen molar-refractivity contribution in [2.75, 3.05) is 33.4 Å². The van der Waals surface area contributed by atoms with Crippen molar-refractivity contribution in [1.82, 2.24) is 4.90 Å². The lowest BCUT2D eigenvalue weighted by molar-refractivity contribution is 0.0735. The number of hydrogen-bond acceptors (Lipinski definition) is 5. The Morgan fingerprint density at radius 1 is 1.09 bits per heavy atom. The largest absolute Gasteiger partial charge is 0.493 e. The lowest BCUT2D eigenvalue weighted by Gasteiger charge is -2.33. The van der Waals surface area contributed by atoms with Gasteiger partial charge in [-0.25, -0.2) is 0 Å². The molecule has 34 heavy (non-hydrogen) atoms. The number of benzene rings is 2. The first-order chi connectivity index (χ1) is 16.6. The van der Waals surface area contributed by atoms with Gasteiger partial charge in [-0.2, -0.15) is 0 Å². The zero-order valence-corrected chi connectivity index (χ0v) is 21.3. The third kappa shape index (κ3) is 8.61. The molecular weight excluding hydrogens is 448 g/mol. The van der Waals surface area contributed by atoms with E-state index in [1.54, 1.807) is 7.11 Å². The van der Waals surface area contributed by atoms with Crippen LogP contribution in [0.1, 0.15) is 63.0 Å². The molecule has 0 amide bonds. The summed E-state index contributed by atoms with van der Waals surface area (Å²) in [5.41, 5.74) is 2.61. The number of unbranched alkanes of at least 4 members (excludes halogenated alkanes) is 3. The molecule has 1 aliphatic heterocycles. The third-order valence-electron chi connectivity index (χ3n) is 6.46. The van der Waals surface area contributed by atoms with Crippen molar-refractivity contribution in [1.29, 1.82) is 0 Å². The summed E-state index contributed by atoms with van der Waals surface area (Å²) in [7, 11) is 1.55. The summed E-state index contributed by atoms with van der Waals surface area (Å²) in [6, 6.07) is 15.5. The molecule has 1 atom stereocenters. The van der Waals surface area contributed by atoms with E-state index in [1.807, 2.05) is 48.5 Å². The molecule has 0 spiro atoms. The van der Waals surface area contributed by atoms with Gasteiger partial charge in [0.1, 0.15) is 18.6 Å². The van der Waals surface area contributed by atoms with Crippen LogP contribution in [0.3, 0.4) is 0 Å². The van der Waals surface area contributed by atoms with Crippen molar-refractivity contribution in [2.24, 2.45) is 11.1 Å². The van der Waals surface area contributed by atoms with Crippen molar-refractivity contribution in [3.05, 3.63) is 64.7 Å². The van der Waals surface area contributed by atoms with E-state index in [4.69, 9.17) is 21.2 Å². The number of hydrogen-bond donors (Lipinski definition) is 1. The maximum absolute atomic E-state index is 10.3. The molecule has 0 aromatic heterocycles. The monoisotopic (exact) mass is 486 g/mol. The maximum Gasteiger partial charge on any atom is 0.119 e. The molecule has 1 aliphatic rings. The highest BCUT2D eigenvalue weighted by atomic mass is 35.5. The van der Waals surface area contributed by atoms with Gasteiger partial charge in [0.05, 0.1) is 12.7 Å². The smallest absolute Gasteiger partial charge is 0.119 e. The summed E-state index contributed by atoms with van der Waals surface area (Å²) in [5.74, 6) is 1.37. The van der Waals surface area contributed by atoms with Gasteiger partial charge in [-0.1, -0.05) is 73.6 Å². The van der Waals surface area contributed by atoms with Crippen LogP contribution >= 0.6 is 11.6 Å². The van der Waals surface area contributed by atoms with E-state index in [0.717, 1.165) is 67.9 Å². The van der Waals surface area contributed by atoms with Crippen LogP contribution in [0.4, 0.5) is 0 Å². The lowest BCUT2D eigenvalue weighted by atomic mass is 9.97. The molecule has 5 nitrogen and oxygen atoms in total. The first-order valence-electron chi connectivity index (χ1n) is 12.6. The first-order valence-corrected chi connectivity index (χ1v) is 13.0. The van der Waals surface area contributed by atoms with E-state index in [-0.39, 0.29) is 6.10 Å². The van der Waals surface area contributed by atoms with Crippen molar-refractivity contribution in [2.45, 2.75) is 58.0 Å². The average Bonchev–Trinajstić information content (AvgIpc) is 2.86. The molecule has 186 valence electrons. The molecule has 0 radical (unpaired) electrons. The lowest BCUT2D eigenvalue weighted by Crippen LogP contribution is -2.40. The second kappa shape index (κ2) is 14.3. The van der Waals surface area contributed by atoms with Crippen LogP contribution < -0.4 is 4.74 Å². The van der Waals surface area contributed by atoms with E-state index in [1.165, 1.54) is 19.3 Å². The molecule has 0 unspecified atom stereocenters. The zero-order valence-electron chi connectivity index (χ0n) is 20.6. The molecule has 1 fully saturated rings. The Kier molecular flexibility index (Phi) is 11.2. The van der Waals surface area contributed by atoms with E-state index in [2.05, 4.69) is 17.0 Å². The van der Waals surface area contributed by atoms with Crippen LogP contribution in [0.25, 0.3) is 0 Å². The summed E-state index contributed by atoms with van der Waals surface area (Å²) in [6.07, 6.45) is 7.79. The van der Waals surface area contributed by atoms with Gasteiger partial charge in [0, 0.05) is 22.7 Å². The summed E-state index contributed by atoms with van der Waals surface area (Å²) < 4.78 is 6.18. The molecule has 2 aromatic carbocycles. The Bertz CT molecular complexity index is 879. The standard InChI is InChI=1S/C28H39ClN2O3/c1-3-4-5-6-9-26(32)20-31-17-15-22(16-18-31)21-34-27-10-7-8-24(19-27)28(30-33-2)23-11-13-25(29)14-12-23/h7-8,10-14,19,22,26,32H,3-6,9,15-18,20-21H2,1-2H3/t26-/m1/s1. The Morgan fingerprint density at radius 3 is 2.56 bits per heavy atom. The normalized spacial score (nSPS) is 16.4. The second-order valence-corrected chi connectivity index (χ2v) is 9.65. The molecule has 1 saturated heterocycles. The van der Waals surface area contributed by atoms with Crippen LogP contribution in [-0.4, -0.2) is 55.2 Å². The number of piperidine rings is 1. The summed E-state index contributed by atoms with van der Waals surface area (Å²) in [6.45, 7) is 5.78. The van der Waals surface area contributed by atoms with Gasteiger partial charge in [0.2, 0.25) is 0 Å². The van der Waals surface area contributed by atoms with E-state index >= 15 is 0 Å². The van der Waals surface area contributed by atoms with Crippen molar-refractivity contribution < 1.29 is 14.7 Å². The quantitative estimate of drug-likeness (QED) is 0.209. The second-order valence-electron chi connectivity index (χ2n) is 9.22. The Labute approximate surface area is 209 Å². The van der Waals surface area contributed by atoms with E-state index < -0.39 is 0 Å². The minimum absolute atomic E-state index is 0.198. The summed E-state index contributed by atoms with van der Waals surface area (Å²) in [5, 5.41) is 15.3. The minimum Gasteiger partial charge on any atom is -0.493 e. The minimum atomic E-state index is -0.198. The van der Waals surface area contributed by atoms with Crippen molar-refractivity contribution in [3.8, 4) is 5.75 Å². The molecule has 3 rings (SSSR count). The topological polar surface area (TPSA) is 54.3 Å². The van der Waals surface area contributed by atoms with Crippen LogP contribution in [-0.2, 0) is 4.84 Å². The molecule has 0 aliphatic carbocycles. The number of nitrogens with zero attached hydrogens (tertiary/aromatic N) is 2. The van der Waals surface area contributed by atoms with E-state index in [9.17, 15) is 5.11 Å². The molecule has 6 heteroatoms. The highest BCUT2D eigenvalue weighted by Crippen LogP contribution is 2.23. The van der Waals surface area contributed by atoms with Crippen LogP contribution in [0.15, 0.2) is 53.7 Å². The molecular formula is C28H39ClN2O3. The zero-order chi connectivity index (χ0) is 24.2. The number of rotatable bonds is 13. The van der Waals surface area contributed by atoms with Crippen molar-refractivity contribution >= 4 is 17.3 Å². The number of ether oxygens (including phenoxy) is 1. The van der Waals surface area contributed by atoms with E-state index in [0.29, 0.717) is 17.5 Å². The van der Waals surface area contributed by atoms with Crippen LogP contribution in [0.5, 0.6) is 5.75 Å². The van der Waals surface area contributed by atoms with Gasteiger partial charge < -0.3 is 19.6 Å². The number of likely N-dealkylation sites (tertiary alicyclic amines) is 1. The fourth-order valence-corrected chi connectivity index (χ4v) is 4.58. The number of halogens is 1. The fraction of sp³-hybridized carbons (Fsp3) is 0.536. The molecule has 1 N–H and O–H groups in total. The number of β-amino-alcohol motifs (C(OH)–C–C–N with tert-alkyl or cyclic N) is 1. The van der Waals surface area contributed by atoms with Crippen LogP contribution in [0, 0.1) is 5.92 Å². The Balaban J connectivity index is 1.47. The number of oxime groups is 1. The van der Waals surface area contributed by atoms with Gasteiger partial charge >= 0.3 is 0 Å². The average molecular weight is 487 g/mol. The molecule has 2 aromatic rings. The number of aliphatic hydroxyl groups is 1. The van der Waals surface area contributed by atoms with Gasteiger partial charge in [0.15, 0.2) is 0 Å². The van der Waals surface area contributed by atoms with Gasteiger partial charge in [-0.3, -0.25) is 0 Å². The van der Waals surface area contributed by atoms with Gasteiger partial charge in [-0.05, 0) is 62.5 Å². The SMILES string of the molecule is CCCCCC[C@@H](O)CN1CCC(COc2cccc(C(=NOC)c3ccc(Cl)cc3)c2)CC1. The fourth-order valence-electron chi connectivity index (χ4n) is 4.45. The highest BCUT2D eigenvalue weighted by Gasteiger charge is 2.21. The third-order valence-corrected chi connectivity index (χ3v) is 6.71. The Hall–Kier alpha value is -2.08. The first kappa shape index (κ1) is 26.5.